The van der Waals surface area contributed by atoms with Gasteiger partial charge in [-0.15, -0.1) is 0 Å². The van der Waals surface area contributed by atoms with Gasteiger partial charge in [-0.25, -0.2) is 4.98 Å². The molecular formula is C23H25N5O. The fraction of sp³-hybridized carbons (Fsp3) is 0.348. The summed E-state index contributed by atoms with van der Waals surface area (Å²) in [6.07, 6.45) is 4.71. The van der Waals surface area contributed by atoms with Gasteiger partial charge < -0.3 is 4.90 Å². The molecule has 3 heterocycles. The van der Waals surface area contributed by atoms with E-state index in [0.29, 0.717) is 11.9 Å². The van der Waals surface area contributed by atoms with Gasteiger partial charge >= 0.3 is 0 Å². The van der Waals surface area contributed by atoms with Crippen LogP contribution in [0.15, 0.2) is 54.9 Å². The maximum absolute atomic E-state index is 12.9. The largest absolute Gasteiger partial charge is 0.339 e. The molecule has 1 fully saturated rings. The van der Waals surface area contributed by atoms with Crippen LogP contribution in [0.1, 0.15) is 34.3 Å². The lowest BCUT2D eigenvalue weighted by atomic mass is 9.95. The number of carbonyl (C=O) groups is 1. The van der Waals surface area contributed by atoms with Gasteiger partial charge in [0.25, 0.3) is 5.91 Å². The lowest BCUT2D eigenvalue weighted by Gasteiger charge is -2.40. The molecule has 148 valence electrons. The van der Waals surface area contributed by atoms with E-state index in [2.05, 4.69) is 44.3 Å². The summed E-state index contributed by atoms with van der Waals surface area (Å²) >= 11 is 0. The van der Waals surface area contributed by atoms with Crippen molar-refractivity contribution in [3.05, 3.63) is 71.5 Å². The highest BCUT2D eigenvalue weighted by atomic mass is 16.2. The Balaban J connectivity index is 1.19. The minimum atomic E-state index is 0.122. The minimum Gasteiger partial charge on any atom is -0.339 e. The van der Waals surface area contributed by atoms with E-state index in [0.717, 1.165) is 56.6 Å². The fourth-order valence-corrected chi connectivity index (χ4v) is 4.56. The van der Waals surface area contributed by atoms with E-state index in [1.807, 2.05) is 29.2 Å². The molecule has 5 rings (SSSR count). The van der Waals surface area contributed by atoms with Gasteiger partial charge in [0.05, 0.1) is 0 Å². The summed E-state index contributed by atoms with van der Waals surface area (Å²) in [4.78, 5) is 21.7. The van der Waals surface area contributed by atoms with Crippen LogP contribution >= 0.6 is 0 Å². The zero-order chi connectivity index (χ0) is 19.6. The number of nitrogens with one attached hydrogen (secondary N) is 1. The summed E-state index contributed by atoms with van der Waals surface area (Å²) < 4.78 is 0. The maximum Gasteiger partial charge on any atom is 0.253 e. The van der Waals surface area contributed by atoms with Crippen LogP contribution in [0.2, 0.25) is 0 Å². The molecule has 1 aromatic heterocycles. The smallest absolute Gasteiger partial charge is 0.253 e. The number of H-pyrrole nitrogens is 1. The zero-order valence-corrected chi connectivity index (χ0v) is 16.4. The molecule has 2 aliphatic rings. The van der Waals surface area contributed by atoms with Crippen LogP contribution in [0, 0.1) is 0 Å². The molecule has 0 bridgehead atoms. The van der Waals surface area contributed by atoms with Gasteiger partial charge in [0, 0.05) is 43.3 Å². The highest BCUT2D eigenvalue weighted by Crippen LogP contribution is 2.25. The molecule has 0 unspecified atom stereocenters. The third kappa shape index (κ3) is 3.68. The van der Waals surface area contributed by atoms with Crippen molar-refractivity contribution in [1.82, 2.24) is 25.0 Å². The van der Waals surface area contributed by atoms with E-state index < -0.39 is 0 Å². The molecule has 0 aliphatic carbocycles. The van der Waals surface area contributed by atoms with Gasteiger partial charge in [-0.3, -0.25) is 14.8 Å². The minimum absolute atomic E-state index is 0.122. The Morgan fingerprint density at radius 2 is 1.72 bits per heavy atom. The molecule has 29 heavy (non-hydrogen) atoms. The van der Waals surface area contributed by atoms with Crippen LogP contribution in [-0.2, 0) is 13.0 Å². The Labute approximate surface area is 170 Å². The van der Waals surface area contributed by atoms with E-state index in [1.54, 1.807) is 0 Å². The first-order valence-electron chi connectivity index (χ1n) is 10.3. The number of hydrogen-bond acceptors (Lipinski definition) is 4. The Hall–Kier alpha value is -2.99. The number of aromatic amines is 1. The van der Waals surface area contributed by atoms with E-state index in [9.17, 15) is 4.79 Å². The normalized spacial score (nSPS) is 17.9. The molecule has 2 aromatic carbocycles. The average molecular weight is 387 g/mol. The topological polar surface area (TPSA) is 65.1 Å². The number of nitrogens with zero attached hydrogens (tertiary/aromatic N) is 4. The van der Waals surface area contributed by atoms with Gasteiger partial charge in [0.2, 0.25) is 0 Å². The number of likely N-dealkylation sites (tertiary alicyclic amines) is 1. The number of carbonyl (C=O) groups excluding carboxylic acids is 1. The molecule has 2 aliphatic heterocycles. The number of amides is 1. The van der Waals surface area contributed by atoms with Crippen molar-refractivity contribution in [2.75, 3.05) is 19.6 Å². The van der Waals surface area contributed by atoms with Gasteiger partial charge in [-0.05, 0) is 42.5 Å². The van der Waals surface area contributed by atoms with Gasteiger partial charge in [-0.1, -0.05) is 36.4 Å². The number of rotatable bonds is 3. The van der Waals surface area contributed by atoms with Gasteiger partial charge in [0.1, 0.15) is 6.33 Å². The molecule has 1 N–H and O–H groups in total. The number of hydrogen-bond donors (Lipinski definition) is 1. The van der Waals surface area contributed by atoms with Crippen molar-refractivity contribution in [2.45, 2.75) is 31.8 Å². The quantitative estimate of drug-likeness (QED) is 0.750. The third-order valence-electron chi connectivity index (χ3n) is 6.25. The van der Waals surface area contributed by atoms with Crippen LogP contribution in [0.25, 0.3) is 11.4 Å². The van der Waals surface area contributed by atoms with Crippen LogP contribution in [0.5, 0.6) is 0 Å². The third-order valence-corrected chi connectivity index (χ3v) is 6.25. The Morgan fingerprint density at radius 1 is 0.966 bits per heavy atom. The summed E-state index contributed by atoms with van der Waals surface area (Å²) in [5, 5.41) is 6.72. The van der Waals surface area contributed by atoms with E-state index >= 15 is 0 Å². The van der Waals surface area contributed by atoms with Gasteiger partial charge in [-0.2, -0.15) is 5.10 Å². The van der Waals surface area contributed by atoms with Crippen LogP contribution < -0.4 is 0 Å². The Morgan fingerprint density at radius 3 is 2.45 bits per heavy atom. The molecule has 1 amide bonds. The van der Waals surface area contributed by atoms with E-state index in [1.165, 1.54) is 17.5 Å². The predicted molar refractivity (Wildman–Crippen MR) is 111 cm³/mol. The first-order chi connectivity index (χ1) is 14.3. The van der Waals surface area contributed by atoms with E-state index in [-0.39, 0.29) is 5.91 Å². The SMILES string of the molecule is O=C(c1ccc(-c2ncn[nH]2)cc1)N1CCC(N2CCc3ccccc3C2)CC1. The molecule has 0 radical (unpaired) electrons. The summed E-state index contributed by atoms with van der Waals surface area (Å²) in [5.74, 6) is 0.837. The second-order valence-electron chi connectivity index (χ2n) is 7.92. The van der Waals surface area contributed by atoms with E-state index in [4.69, 9.17) is 0 Å². The summed E-state index contributed by atoms with van der Waals surface area (Å²) in [5.41, 5.74) is 4.62. The Kier molecular flexibility index (Phi) is 4.86. The molecule has 6 nitrogen and oxygen atoms in total. The molecule has 6 heteroatoms. The zero-order valence-electron chi connectivity index (χ0n) is 16.4. The van der Waals surface area contributed by atoms with Crippen molar-refractivity contribution in [1.29, 1.82) is 0 Å². The molecule has 3 aromatic rings. The number of benzene rings is 2. The van der Waals surface area contributed by atoms with Crippen molar-refractivity contribution in [2.24, 2.45) is 0 Å². The average Bonchev–Trinajstić information content (AvgIpc) is 3.33. The fourth-order valence-electron chi connectivity index (χ4n) is 4.56. The highest BCUT2D eigenvalue weighted by Gasteiger charge is 2.29. The summed E-state index contributed by atoms with van der Waals surface area (Å²) in [6.45, 7) is 3.81. The Bertz CT molecular complexity index is 975. The summed E-state index contributed by atoms with van der Waals surface area (Å²) in [7, 11) is 0. The first kappa shape index (κ1) is 18.1. The molecular weight excluding hydrogens is 362 g/mol. The van der Waals surface area contributed by atoms with Crippen LogP contribution in [-0.4, -0.2) is 56.6 Å². The number of aromatic nitrogens is 3. The molecule has 1 saturated heterocycles. The molecule has 0 atom stereocenters. The van der Waals surface area contributed by atoms with Crippen LogP contribution in [0.4, 0.5) is 0 Å². The summed E-state index contributed by atoms with van der Waals surface area (Å²) in [6, 6.07) is 17.0. The van der Waals surface area contributed by atoms with Gasteiger partial charge in [0.15, 0.2) is 5.82 Å². The second-order valence-corrected chi connectivity index (χ2v) is 7.92. The molecule has 0 spiro atoms. The predicted octanol–water partition coefficient (Wildman–Crippen LogP) is 3.13. The van der Waals surface area contributed by atoms with Crippen LogP contribution in [0.3, 0.4) is 0 Å². The maximum atomic E-state index is 12.9. The standard InChI is InChI=1S/C23H25N5O/c29-23(19-7-5-18(6-8-19)22-24-16-25-26-22)27-13-10-21(11-14-27)28-12-9-17-3-1-2-4-20(17)15-28/h1-8,16,21H,9-15H2,(H,24,25,26). The van der Waals surface area contributed by atoms with Crippen molar-refractivity contribution in [3.8, 4) is 11.4 Å². The second kappa shape index (κ2) is 7.79. The molecule has 0 saturated carbocycles. The first-order valence-corrected chi connectivity index (χ1v) is 10.3. The number of fused-ring (bicyclic) bond motifs is 1. The highest BCUT2D eigenvalue weighted by molar-refractivity contribution is 5.94. The van der Waals surface area contributed by atoms with Crippen molar-refractivity contribution >= 4 is 5.91 Å². The number of piperidine rings is 1. The van der Waals surface area contributed by atoms with Crippen molar-refractivity contribution in [3.63, 3.8) is 0 Å². The van der Waals surface area contributed by atoms with Crippen molar-refractivity contribution < 1.29 is 4.79 Å². The lowest BCUT2D eigenvalue weighted by molar-refractivity contribution is 0.0599. The monoisotopic (exact) mass is 387 g/mol. The lowest BCUT2D eigenvalue weighted by Crippen LogP contribution is -2.48.